The molecule has 0 radical (unpaired) electrons. The number of piperazine rings is 1. The van der Waals surface area contributed by atoms with E-state index in [1.807, 2.05) is 34.1 Å². The minimum Gasteiger partial charge on any atom is -0.395 e. The summed E-state index contributed by atoms with van der Waals surface area (Å²) in [6.45, 7) is 4.16. The number of pyridine rings is 1. The fourth-order valence-electron chi connectivity index (χ4n) is 5.49. The summed E-state index contributed by atoms with van der Waals surface area (Å²) in [4.78, 5) is 37.8. The first kappa shape index (κ1) is 28.5. The lowest BCUT2D eigenvalue weighted by Crippen LogP contribution is -2.49. The number of aliphatic hydroxyl groups is 1. The summed E-state index contributed by atoms with van der Waals surface area (Å²) < 4.78 is 39.0. The average molecular weight is 573 g/mol. The van der Waals surface area contributed by atoms with Crippen LogP contribution in [0.2, 0.25) is 0 Å². The van der Waals surface area contributed by atoms with Gasteiger partial charge in [0.25, 0.3) is 5.91 Å². The first-order valence-electron chi connectivity index (χ1n) is 13.3. The Morgan fingerprint density at radius 3 is 2.42 bits per heavy atom. The van der Waals surface area contributed by atoms with Crippen LogP contribution >= 0.6 is 11.8 Å². The van der Waals surface area contributed by atoms with Gasteiger partial charge in [0, 0.05) is 80.2 Å². The number of hydrogen-bond donors (Lipinski definition) is 1. The topological polar surface area (TPSA) is 77.0 Å². The standard InChI is InChI=1S/C29H31F3N4O3S/c30-29(31,32)40-26-8-4-1-5-20(26)17-21(38)18-35-10-9-25-23(19-35)27(22-6-2-3-7-24(22)33-25)28(39)36-13-11-34(12-14-36)15-16-37/h1-8,37H,9-19H2. The van der Waals surface area contributed by atoms with Crippen LogP contribution in [0.3, 0.4) is 0 Å². The van der Waals surface area contributed by atoms with Gasteiger partial charge in [0.2, 0.25) is 0 Å². The Hall–Kier alpha value is -2.99. The highest BCUT2D eigenvalue weighted by Crippen LogP contribution is 2.38. The number of carbonyl (C=O) groups is 2. The molecule has 2 aliphatic rings. The number of rotatable bonds is 8. The van der Waals surface area contributed by atoms with Crippen LogP contribution in [0.4, 0.5) is 13.2 Å². The Labute approximate surface area is 235 Å². The van der Waals surface area contributed by atoms with Gasteiger partial charge in [0.15, 0.2) is 5.78 Å². The molecule has 0 atom stereocenters. The molecule has 1 saturated heterocycles. The molecule has 40 heavy (non-hydrogen) atoms. The van der Waals surface area contributed by atoms with Gasteiger partial charge in [-0.15, -0.1) is 0 Å². The van der Waals surface area contributed by atoms with E-state index in [1.165, 1.54) is 12.1 Å². The number of aliphatic hydroxyl groups excluding tert-OH is 1. The quantitative estimate of drug-likeness (QED) is 0.412. The van der Waals surface area contributed by atoms with E-state index >= 15 is 0 Å². The van der Waals surface area contributed by atoms with Gasteiger partial charge in [-0.2, -0.15) is 13.2 Å². The number of amides is 1. The van der Waals surface area contributed by atoms with Gasteiger partial charge in [0.05, 0.1) is 24.2 Å². The van der Waals surface area contributed by atoms with E-state index in [4.69, 9.17) is 4.98 Å². The van der Waals surface area contributed by atoms with Crippen LogP contribution in [-0.4, -0.2) is 94.4 Å². The van der Waals surface area contributed by atoms with Gasteiger partial charge in [-0.25, -0.2) is 0 Å². The van der Waals surface area contributed by atoms with Gasteiger partial charge < -0.3 is 10.0 Å². The van der Waals surface area contributed by atoms with Gasteiger partial charge >= 0.3 is 5.51 Å². The zero-order chi connectivity index (χ0) is 28.3. The molecule has 0 bridgehead atoms. The van der Waals surface area contributed by atoms with Gasteiger partial charge in [-0.05, 0) is 29.5 Å². The largest absolute Gasteiger partial charge is 0.446 e. The number of Topliss-reactive ketones (excluding diaryl/α,β-unsaturated/α-hetero) is 1. The predicted octanol–water partition coefficient (Wildman–Crippen LogP) is 3.77. The van der Waals surface area contributed by atoms with Crippen molar-refractivity contribution in [3.63, 3.8) is 0 Å². The minimum absolute atomic E-state index is 0.0370. The third-order valence-electron chi connectivity index (χ3n) is 7.40. The van der Waals surface area contributed by atoms with E-state index in [1.54, 1.807) is 12.1 Å². The van der Waals surface area contributed by atoms with Gasteiger partial charge in [0.1, 0.15) is 0 Å². The number of nitrogens with zero attached hydrogens (tertiary/aromatic N) is 4. The molecule has 1 N–H and O–H groups in total. The maximum Gasteiger partial charge on any atom is 0.446 e. The molecule has 1 amide bonds. The SMILES string of the molecule is O=C(Cc1ccccc1SC(F)(F)F)CN1CCc2nc3ccccc3c(C(=O)N3CCN(CCO)CC3)c2C1. The number of aromatic nitrogens is 1. The fourth-order valence-corrected chi connectivity index (χ4v) is 6.16. The summed E-state index contributed by atoms with van der Waals surface area (Å²) in [7, 11) is 0. The van der Waals surface area contributed by atoms with Crippen molar-refractivity contribution >= 4 is 34.4 Å². The van der Waals surface area contributed by atoms with Crippen LogP contribution < -0.4 is 0 Å². The fraction of sp³-hybridized carbons (Fsp3) is 0.414. The number of thioether (sulfide) groups is 1. The smallest absolute Gasteiger partial charge is 0.395 e. The Bertz CT molecular complexity index is 1390. The summed E-state index contributed by atoms with van der Waals surface area (Å²) in [5.41, 5.74) is -1.05. The molecule has 0 saturated carbocycles. The molecule has 0 unspecified atom stereocenters. The van der Waals surface area contributed by atoms with E-state index < -0.39 is 5.51 Å². The number of carbonyl (C=O) groups excluding carboxylic acids is 2. The summed E-state index contributed by atoms with van der Waals surface area (Å²) in [5, 5.41) is 10.0. The monoisotopic (exact) mass is 572 g/mol. The molecule has 2 aliphatic heterocycles. The number of benzene rings is 2. The molecule has 212 valence electrons. The number of para-hydroxylation sites is 1. The van der Waals surface area contributed by atoms with Crippen molar-refractivity contribution < 1.29 is 27.9 Å². The maximum absolute atomic E-state index is 13.9. The molecular formula is C29H31F3N4O3S. The third kappa shape index (κ3) is 6.65. The highest BCUT2D eigenvalue weighted by Gasteiger charge is 2.32. The van der Waals surface area contributed by atoms with Crippen LogP contribution in [-0.2, 0) is 24.2 Å². The summed E-state index contributed by atoms with van der Waals surface area (Å²) in [6, 6.07) is 13.7. The Kier molecular flexibility index (Phi) is 8.74. The van der Waals surface area contributed by atoms with Crippen LogP contribution in [0.1, 0.15) is 27.2 Å². The van der Waals surface area contributed by atoms with E-state index in [9.17, 15) is 27.9 Å². The summed E-state index contributed by atoms with van der Waals surface area (Å²) >= 11 is -0.203. The first-order valence-corrected chi connectivity index (χ1v) is 14.1. The molecule has 5 rings (SSSR count). The van der Waals surface area contributed by atoms with Crippen molar-refractivity contribution in [2.24, 2.45) is 0 Å². The van der Waals surface area contributed by atoms with Gasteiger partial charge in [-0.1, -0.05) is 36.4 Å². The van der Waals surface area contributed by atoms with E-state index in [2.05, 4.69) is 4.90 Å². The number of fused-ring (bicyclic) bond motifs is 2. The van der Waals surface area contributed by atoms with Crippen molar-refractivity contribution in [3.05, 3.63) is 70.9 Å². The van der Waals surface area contributed by atoms with Crippen LogP contribution in [0.25, 0.3) is 10.9 Å². The Balaban J connectivity index is 1.35. The molecule has 3 aromatic rings. The van der Waals surface area contributed by atoms with Gasteiger partial charge in [-0.3, -0.25) is 24.4 Å². The molecule has 7 nitrogen and oxygen atoms in total. The van der Waals surface area contributed by atoms with Crippen molar-refractivity contribution in [2.45, 2.75) is 29.8 Å². The molecule has 0 aliphatic carbocycles. The maximum atomic E-state index is 13.9. The molecule has 1 aromatic heterocycles. The highest BCUT2D eigenvalue weighted by molar-refractivity contribution is 8.00. The number of hydrogen-bond acceptors (Lipinski definition) is 7. The number of halogens is 3. The van der Waals surface area contributed by atoms with Crippen LogP contribution in [0.5, 0.6) is 0 Å². The number of β-amino-alcohol motifs (C(OH)–C–C–N with tert-alkyl or cyclic N) is 1. The lowest BCUT2D eigenvalue weighted by atomic mass is 9.94. The zero-order valence-corrected chi connectivity index (χ0v) is 22.8. The van der Waals surface area contributed by atoms with Crippen molar-refractivity contribution in [3.8, 4) is 0 Å². The highest BCUT2D eigenvalue weighted by atomic mass is 32.2. The summed E-state index contributed by atoms with van der Waals surface area (Å²) in [6.07, 6.45) is 0.473. The molecule has 3 heterocycles. The Morgan fingerprint density at radius 1 is 0.950 bits per heavy atom. The number of alkyl halides is 3. The van der Waals surface area contributed by atoms with Crippen LogP contribution in [0, 0.1) is 0 Å². The van der Waals surface area contributed by atoms with Crippen molar-refractivity contribution in [2.75, 3.05) is 52.4 Å². The second-order valence-electron chi connectivity index (χ2n) is 10.1. The van der Waals surface area contributed by atoms with Crippen LogP contribution in [0.15, 0.2) is 53.4 Å². The molecule has 1 fully saturated rings. The predicted molar refractivity (Wildman–Crippen MR) is 147 cm³/mol. The molecule has 11 heteroatoms. The van der Waals surface area contributed by atoms with E-state index in [-0.39, 0.29) is 47.9 Å². The first-order chi connectivity index (χ1) is 19.2. The second-order valence-corrected chi connectivity index (χ2v) is 11.2. The lowest BCUT2D eigenvalue weighted by Gasteiger charge is -2.36. The van der Waals surface area contributed by atoms with E-state index in [0.717, 1.165) is 22.2 Å². The normalized spacial score (nSPS) is 16.8. The average Bonchev–Trinajstić information content (AvgIpc) is 2.92. The third-order valence-corrected chi connectivity index (χ3v) is 8.25. The molecule has 2 aromatic carbocycles. The molecular weight excluding hydrogens is 541 g/mol. The van der Waals surface area contributed by atoms with Crippen molar-refractivity contribution in [1.82, 2.24) is 19.7 Å². The van der Waals surface area contributed by atoms with E-state index in [0.29, 0.717) is 63.4 Å². The lowest BCUT2D eigenvalue weighted by molar-refractivity contribution is -0.119. The number of ketones is 1. The molecule has 0 spiro atoms. The summed E-state index contributed by atoms with van der Waals surface area (Å²) in [5.74, 6) is -0.245. The zero-order valence-electron chi connectivity index (χ0n) is 22.0. The minimum atomic E-state index is -4.43. The van der Waals surface area contributed by atoms with Crippen molar-refractivity contribution in [1.29, 1.82) is 0 Å². The second kappa shape index (κ2) is 12.3. The Morgan fingerprint density at radius 2 is 1.68 bits per heavy atom.